The third-order valence-electron chi connectivity index (χ3n) is 7.94. The Hall–Kier alpha value is -5.32. The average Bonchev–Trinajstić information content (AvgIpc) is 3.45. The van der Waals surface area contributed by atoms with E-state index in [1.807, 2.05) is 0 Å². The zero-order valence-corrected chi connectivity index (χ0v) is 21.5. The highest BCUT2D eigenvalue weighted by Crippen LogP contribution is 2.57. The van der Waals surface area contributed by atoms with Crippen molar-refractivity contribution in [2.75, 3.05) is 7.11 Å². The van der Waals surface area contributed by atoms with E-state index in [2.05, 4.69) is 4.98 Å². The lowest BCUT2D eigenvalue weighted by molar-refractivity contribution is 0.0790. The number of ketones is 4. The van der Waals surface area contributed by atoms with Gasteiger partial charge in [0.1, 0.15) is 28.5 Å². The lowest BCUT2D eigenvalue weighted by atomic mass is 9.76. The highest BCUT2D eigenvalue weighted by atomic mass is 19.1. The van der Waals surface area contributed by atoms with Crippen molar-refractivity contribution in [1.82, 2.24) is 4.98 Å². The number of carbonyl (C=O) groups is 4. The van der Waals surface area contributed by atoms with Crippen molar-refractivity contribution in [2.45, 2.75) is 25.2 Å². The number of aromatic nitrogens is 1. The predicted molar refractivity (Wildman–Crippen MR) is 142 cm³/mol. The molecule has 6 rings (SSSR count). The number of benzene rings is 2. The molecule has 0 amide bonds. The van der Waals surface area contributed by atoms with Crippen LogP contribution < -0.4 is 5.56 Å². The maximum atomic E-state index is 16.0. The quantitative estimate of drug-likeness (QED) is 0.214. The number of carbonyl (C=O) groups excluding carboxylic acids is 4. The van der Waals surface area contributed by atoms with Gasteiger partial charge in [-0.25, -0.2) is 4.39 Å². The Balaban J connectivity index is 1.62. The van der Waals surface area contributed by atoms with Gasteiger partial charge in [0.15, 0.2) is 23.1 Å². The van der Waals surface area contributed by atoms with Crippen molar-refractivity contribution < 1.29 is 43.6 Å². The lowest BCUT2D eigenvalue weighted by Crippen LogP contribution is -2.36. The number of pyridine rings is 1. The molecule has 0 saturated heterocycles. The fourth-order valence-corrected chi connectivity index (χ4v) is 6.16. The van der Waals surface area contributed by atoms with E-state index >= 15 is 4.39 Å². The summed E-state index contributed by atoms with van der Waals surface area (Å²) in [5, 5.41) is 32.7. The van der Waals surface area contributed by atoms with Gasteiger partial charge in [-0.1, -0.05) is 18.2 Å². The van der Waals surface area contributed by atoms with Gasteiger partial charge in [0.05, 0.1) is 34.7 Å². The maximum Gasteiger partial charge on any atom is 0.260 e. The van der Waals surface area contributed by atoms with Crippen molar-refractivity contribution in [2.24, 2.45) is 0 Å². The second-order valence-electron chi connectivity index (χ2n) is 9.91. The molecule has 0 saturated carbocycles. The molecule has 1 unspecified atom stereocenters. The number of fused-ring (bicyclic) bond motifs is 5. The number of aromatic amines is 1. The number of allylic oxidation sites excluding steroid dienone is 5. The van der Waals surface area contributed by atoms with Gasteiger partial charge in [-0.3, -0.25) is 24.0 Å². The Morgan fingerprint density at radius 1 is 0.951 bits per heavy atom. The highest BCUT2D eigenvalue weighted by Gasteiger charge is 2.62. The van der Waals surface area contributed by atoms with Crippen LogP contribution in [0.4, 0.5) is 4.39 Å². The van der Waals surface area contributed by atoms with Crippen molar-refractivity contribution in [3.8, 4) is 17.2 Å². The summed E-state index contributed by atoms with van der Waals surface area (Å²) in [5.74, 6) is -8.37. The maximum absolute atomic E-state index is 16.0. The number of phenolic OH excluding ortho intramolecular Hbond substituents is 3. The number of Topliss-reactive ketones (excluding diaryl/α,β-unsaturated/α-hetero) is 3. The van der Waals surface area contributed by atoms with Gasteiger partial charge in [0.2, 0.25) is 5.78 Å². The summed E-state index contributed by atoms with van der Waals surface area (Å²) >= 11 is 0. The van der Waals surface area contributed by atoms with Gasteiger partial charge in [-0.2, -0.15) is 0 Å². The fourth-order valence-electron chi connectivity index (χ4n) is 6.16. The van der Waals surface area contributed by atoms with Crippen LogP contribution in [-0.4, -0.2) is 50.5 Å². The number of nitrogens with one attached hydrogen (secondary N) is 1. The minimum Gasteiger partial charge on any atom is -0.507 e. The number of phenols is 3. The van der Waals surface area contributed by atoms with Gasteiger partial charge in [0, 0.05) is 22.7 Å². The molecule has 41 heavy (non-hydrogen) atoms. The molecule has 1 heterocycles. The number of aromatic hydroxyl groups is 3. The molecule has 10 nitrogen and oxygen atoms in total. The van der Waals surface area contributed by atoms with Gasteiger partial charge in [0.25, 0.3) is 5.56 Å². The van der Waals surface area contributed by atoms with E-state index in [1.165, 1.54) is 12.1 Å². The van der Waals surface area contributed by atoms with Crippen LogP contribution >= 0.6 is 0 Å². The van der Waals surface area contributed by atoms with E-state index in [1.54, 1.807) is 25.2 Å². The van der Waals surface area contributed by atoms with Crippen LogP contribution in [0.2, 0.25) is 0 Å². The van der Waals surface area contributed by atoms with E-state index in [-0.39, 0.29) is 29.5 Å². The Kier molecular flexibility index (Phi) is 5.43. The topological polar surface area (TPSA) is 171 Å². The minimum atomic E-state index is -2.32. The molecule has 1 atom stereocenters. The number of halogens is 1. The van der Waals surface area contributed by atoms with Crippen LogP contribution in [0.25, 0.3) is 16.8 Å². The van der Waals surface area contributed by atoms with Crippen LogP contribution in [-0.2, 0) is 16.6 Å². The monoisotopic (exact) mass is 557 g/mol. The number of H-pyrrole nitrogens is 1. The molecule has 1 aromatic heterocycles. The largest absolute Gasteiger partial charge is 0.507 e. The minimum absolute atomic E-state index is 0.183. The molecule has 3 aromatic rings. The van der Waals surface area contributed by atoms with E-state index in [9.17, 15) is 39.3 Å². The predicted octanol–water partition coefficient (Wildman–Crippen LogP) is 3.55. The first-order chi connectivity index (χ1) is 19.5. The molecule has 3 aliphatic carbocycles. The summed E-state index contributed by atoms with van der Waals surface area (Å²) in [7, 11) is 1.11. The smallest absolute Gasteiger partial charge is 0.260 e. The van der Waals surface area contributed by atoms with Crippen molar-refractivity contribution in [1.29, 1.82) is 0 Å². The molecular weight excluding hydrogens is 537 g/mol. The molecule has 2 aromatic carbocycles. The number of hydrogen-bond acceptors (Lipinski definition) is 9. The second kappa shape index (κ2) is 8.59. The summed E-state index contributed by atoms with van der Waals surface area (Å²) in [4.78, 5) is 69.2. The number of methoxy groups -OCH3 is 1. The zero-order valence-electron chi connectivity index (χ0n) is 21.5. The van der Waals surface area contributed by atoms with Crippen molar-refractivity contribution in [3.05, 3.63) is 91.4 Å². The van der Waals surface area contributed by atoms with Crippen molar-refractivity contribution >= 4 is 40.0 Å². The molecule has 0 fully saturated rings. The third-order valence-corrected chi connectivity index (χ3v) is 7.94. The van der Waals surface area contributed by atoms with E-state index in [0.29, 0.717) is 0 Å². The molecule has 1 spiro atoms. The van der Waals surface area contributed by atoms with Gasteiger partial charge >= 0.3 is 0 Å². The van der Waals surface area contributed by atoms with Crippen LogP contribution in [0, 0.1) is 5.82 Å². The summed E-state index contributed by atoms with van der Waals surface area (Å²) in [5.41, 5.74) is -6.47. The summed E-state index contributed by atoms with van der Waals surface area (Å²) in [6.07, 6.45) is 6.77. The van der Waals surface area contributed by atoms with E-state index in [0.717, 1.165) is 13.2 Å². The summed E-state index contributed by atoms with van der Waals surface area (Å²) < 4.78 is 20.9. The molecular formula is C30H20FNO9. The first kappa shape index (κ1) is 25.9. The number of hydrogen-bond donors (Lipinski definition) is 4. The first-order valence-electron chi connectivity index (χ1n) is 12.5. The standard InChI is InChI=1S/C30H20FNO9/c1-3-4-5-6-11-9-13-16(29(40)32-11)26(37)21-12(22(13)31)7-8-30(21)27(38)19-20(28(30)39)25(36)18-17(24(19)35)14(33)10-15(41-2)23(18)34/h3-6,9-10,35-37H,7-8H2,1-2H3,(H,32,40)/b4-3+,6-5+. The Bertz CT molecular complexity index is 1980. The number of rotatable bonds is 3. The van der Waals surface area contributed by atoms with Crippen molar-refractivity contribution in [3.63, 3.8) is 0 Å². The summed E-state index contributed by atoms with van der Waals surface area (Å²) in [6.45, 7) is 1.78. The normalized spacial score (nSPS) is 19.5. The molecule has 0 bridgehead atoms. The molecule has 11 heteroatoms. The van der Waals surface area contributed by atoms with Crippen LogP contribution in [0.15, 0.2) is 40.9 Å². The van der Waals surface area contributed by atoms with E-state index in [4.69, 9.17) is 4.74 Å². The van der Waals surface area contributed by atoms with Gasteiger partial charge < -0.3 is 25.0 Å². The number of ether oxygens (including phenoxy) is 1. The van der Waals surface area contributed by atoms with Gasteiger partial charge in [-0.15, -0.1) is 0 Å². The Morgan fingerprint density at radius 3 is 2.24 bits per heavy atom. The Morgan fingerprint density at radius 2 is 1.61 bits per heavy atom. The molecule has 0 radical (unpaired) electrons. The lowest BCUT2D eigenvalue weighted by Gasteiger charge is -2.23. The third kappa shape index (κ3) is 3.08. The molecule has 206 valence electrons. The van der Waals surface area contributed by atoms with Gasteiger partial charge in [-0.05, 0) is 37.5 Å². The highest BCUT2D eigenvalue weighted by molar-refractivity contribution is 6.38. The van der Waals surface area contributed by atoms with Crippen LogP contribution in [0.1, 0.15) is 71.6 Å². The second-order valence-corrected chi connectivity index (χ2v) is 9.91. The Labute approximate surface area is 229 Å². The molecule has 0 aliphatic heterocycles. The SMILES string of the molecule is C/C=C/C=C/c1cc2c(F)c3c(c(O)c2c(=O)[nH]1)C1(CC3)C(=O)c2c(O)c3c(c(O)c2C1=O)C(=O)C(OC)=CC3=O. The average molecular weight is 557 g/mol. The molecule has 4 N–H and O–H groups in total. The summed E-state index contributed by atoms with van der Waals surface area (Å²) in [6, 6.07) is 1.31. The van der Waals surface area contributed by atoms with Crippen LogP contribution in [0.3, 0.4) is 0 Å². The first-order valence-corrected chi connectivity index (χ1v) is 12.5. The van der Waals surface area contributed by atoms with E-state index < -0.39 is 96.1 Å². The fraction of sp³-hybridized carbons (Fsp3) is 0.167. The van der Waals surface area contributed by atoms with Crippen LogP contribution in [0.5, 0.6) is 17.2 Å². The zero-order chi connectivity index (χ0) is 29.5. The molecule has 3 aliphatic rings.